The van der Waals surface area contributed by atoms with Crippen molar-refractivity contribution in [2.75, 3.05) is 27.2 Å². The Morgan fingerprint density at radius 2 is 2.15 bits per heavy atom. The molecule has 1 rings (SSSR count). The van der Waals surface area contributed by atoms with Gasteiger partial charge in [-0.3, -0.25) is 4.79 Å². The van der Waals surface area contributed by atoms with Crippen LogP contribution in [0.4, 0.5) is 0 Å². The van der Waals surface area contributed by atoms with E-state index >= 15 is 0 Å². The summed E-state index contributed by atoms with van der Waals surface area (Å²) in [6, 6.07) is 5.74. The first kappa shape index (κ1) is 16.2. The van der Waals surface area contributed by atoms with Crippen LogP contribution in [0.25, 0.3) is 0 Å². The number of nitrogens with zero attached hydrogens (tertiary/aromatic N) is 1. The molecule has 1 unspecified atom stereocenters. The minimum absolute atomic E-state index is 0.0937. The molecule has 0 aromatic heterocycles. The Hall–Kier alpha value is -1.83. The summed E-state index contributed by atoms with van der Waals surface area (Å²) in [6.45, 7) is 4.36. The minimum atomic E-state index is -0.185. The molecule has 4 nitrogen and oxygen atoms in total. The molecule has 0 aliphatic carbocycles. The summed E-state index contributed by atoms with van der Waals surface area (Å²) in [4.78, 5) is 14.2. The number of hydrogen-bond donors (Lipinski definition) is 2. The van der Waals surface area contributed by atoms with Crippen molar-refractivity contribution in [1.82, 2.24) is 10.2 Å². The van der Waals surface area contributed by atoms with Crippen LogP contribution in [0, 0.1) is 18.8 Å². The van der Waals surface area contributed by atoms with Gasteiger partial charge in [-0.15, -0.1) is 0 Å². The quantitative estimate of drug-likeness (QED) is 0.806. The minimum Gasteiger partial charge on any atom is -0.384 e. The fraction of sp³-hybridized carbons (Fsp3) is 0.438. The second-order valence-electron chi connectivity index (χ2n) is 5.01. The van der Waals surface area contributed by atoms with Crippen molar-refractivity contribution in [3.63, 3.8) is 0 Å². The van der Waals surface area contributed by atoms with Gasteiger partial charge in [-0.25, -0.2) is 0 Å². The molecule has 1 amide bonds. The number of likely N-dealkylation sites (N-methyl/N-ethyl adjacent to an activating group) is 1. The zero-order chi connectivity index (χ0) is 15.1. The number of aliphatic hydroxyl groups excluding tert-OH is 1. The van der Waals surface area contributed by atoms with Crippen LogP contribution in [-0.2, 0) is 0 Å². The van der Waals surface area contributed by atoms with E-state index in [0.717, 1.165) is 11.1 Å². The third-order valence-electron chi connectivity index (χ3n) is 3.23. The van der Waals surface area contributed by atoms with Gasteiger partial charge in [-0.2, -0.15) is 0 Å². The summed E-state index contributed by atoms with van der Waals surface area (Å²) in [5, 5.41) is 11.6. The molecule has 0 aliphatic heterocycles. The summed E-state index contributed by atoms with van der Waals surface area (Å²) in [5.41, 5.74) is 2.27. The summed E-state index contributed by atoms with van der Waals surface area (Å²) < 4.78 is 0. The fourth-order valence-corrected chi connectivity index (χ4v) is 1.60. The van der Waals surface area contributed by atoms with Gasteiger partial charge in [-0.1, -0.05) is 17.9 Å². The normalized spacial score (nSPS) is 11.7. The Morgan fingerprint density at radius 3 is 2.75 bits per heavy atom. The fourth-order valence-electron chi connectivity index (χ4n) is 1.60. The van der Waals surface area contributed by atoms with E-state index in [0.29, 0.717) is 12.1 Å². The van der Waals surface area contributed by atoms with E-state index in [4.69, 9.17) is 5.11 Å². The maximum Gasteiger partial charge on any atom is 0.251 e. The van der Waals surface area contributed by atoms with Gasteiger partial charge in [0.25, 0.3) is 5.91 Å². The Labute approximate surface area is 120 Å². The zero-order valence-electron chi connectivity index (χ0n) is 12.5. The molecule has 0 bridgehead atoms. The van der Waals surface area contributed by atoms with Crippen LogP contribution in [0.15, 0.2) is 18.2 Å². The van der Waals surface area contributed by atoms with Gasteiger partial charge in [0.1, 0.15) is 6.61 Å². The average molecular weight is 274 g/mol. The monoisotopic (exact) mass is 274 g/mol. The van der Waals surface area contributed by atoms with Crippen molar-refractivity contribution in [2.45, 2.75) is 19.9 Å². The van der Waals surface area contributed by atoms with Crippen LogP contribution >= 0.6 is 0 Å². The first-order valence-electron chi connectivity index (χ1n) is 6.60. The molecule has 0 saturated carbocycles. The lowest BCUT2D eigenvalue weighted by atomic mass is 10.0. The van der Waals surface area contributed by atoms with Gasteiger partial charge in [-0.05, 0) is 45.6 Å². The highest BCUT2D eigenvalue weighted by Crippen LogP contribution is 2.10. The van der Waals surface area contributed by atoms with Crippen molar-refractivity contribution in [2.24, 2.45) is 0 Å². The predicted molar refractivity (Wildman–Crippen MR) is 80.6 cm³/mol. The molecule has 20 heavy (non-hydrogen) atoms. The number of benzene rings is 1. The van der Waals surface area contributed by atoms with Crippen molar-refractivity contribution in [1.29, 1.82) is 0 Å². The maximum atomic E-state index is 12.2. The molecule has 2 N–H and O–H groups in total. The predicted octanol–water partition coefficient (Wildman–Crippen LogP) is 1.02. The topological polar surface area (TPSA) is 52.6 Å². The van der Waals surface area contributed by atoms with Gasteiger partial charge < -0.3 is 15.3 Å². The van der Waals surface area contributed by atoms with Crippen LogP contribution in [0.3, 0.4) is 0 Å². The highest BCUT2D eigenvalue weighted by Gasteiger charge is 2.11. The average Bonchev–Trinajstić information content (AvgIpc) is 2.43. The van der Waals surface area contributed by atoms with Crippen LogP contribution in [0.1, 0.15) is 28.4 Å². The van der Waals surface area contributed by atoms with Crippen LogP contribution in [0.2, 0.25) is 0 Å². The lowest BCUT2D eigenvalue weighted by molar-refractivity contribution is 0.0943. The van der Waals surface area contributed by atoms with Gasteiger partial charge in [0, 0.05) is 23.7 Å². The molecular formula is C16H22N2O2. The highest BCUT2D eigenvalue weighted by atomic mass is 16.2. The summed E-state index contributed by atoms with van der Waals surface area (Å²) >= 11 is 0. The molecule has 0 spiro atoms. The Kier molecular flexibility index (Phi) is 6.23. The van der Waals surface area contributed by atoms with Gasteiger partial charge in [0.05, 0.1) is 0 Å². The molecule has 0 saturated heterocycles. The number of carbonyl (C=O) groups is 1. The van der Waals surface area contributed by atoms with E-state index in [2.05, 4.69) is 29.0 Å². The molecular weight excluding hydrogens is 252 g/mol. The second-order valence-corrected chi connectivity index (χ2v) is 5.01. The molecule has 0 fully saturated rings. The third-order valence-corrected chi connectivity index (χ3v) is 3.23. The first-order chi connectivity index (χ1) is 9.45. The molecule has 1 aromatic rings. The molecule has 1 aromatic carbocycles. The molecule has 108 valence electrons. The van der Waals surface area contributed by atoms with Crippen LogP contribution in [0.5, 0.6) is 0 Å². The largest absolute Gasteiger partial charge is 0.384 e. The van der Waals surface area contributed by atoms with Gasteiger partial charge >= 0.3 is 0 Å². The Balaban J connectivity index is 2.81. The van der Waals surface area contributed by atoms with E-state index in [1.807, 2.05) is 33.2 Å². The Morgan fingerprint density at radius 1 is 1.45 bits per heavy atom. The summed E-state index contributed by atoms with van der Waals surface area (Å²) in [5.74, 6) is 5.30. The number of aryl methyl sites for hydroxylation is 1. The first-order valence-corrected chi connectivity index (χ1v) is 6.60. The number of carbonyl (C=O) groups excluding carboxylic acids is 1. The molecule has 0 heterocycles. The summed E-state index contributed by atoms with van der Waals surface area (Å²) in [6.07, 6.45) is 0. The van der Waals surface area contributed by atoms with Crippen molar-refractivity contribution >= 4 is 5.91 Å². The Bertz CT molecular complexity index is 527. The highest BCUT2D eigenvalue weighted by molar-refractivity contribution is 5.96. The summed E-state index contributed by atoms with van der Waals surface area (Å²) in [7, 11) is 3.96. The number of rotatable bonds is 4. The molecule has 4 heteroatoms. The van der Waals surface area contributed by atoms with Gasteiger partial charge in [0.2, 0.25) is 0 Å². The van der Waals surface area contributed by atoms with E-state index in [1.165, 1.54) is 0 Å². The number of amides is 1. The molecule has 0 radical (unpaired) electrons. The SMILES string of the molecule is Cc1ccc(C#CCO)cc1C(=O)NCC(C)N(C)C. The molecule has 0 aliphatic rings. The van der Waals surface area contributed by atoms with E-state index in [-0.39, 0.29) is 18.6 Å². The third kappa shape index (κ3) is 4.69. The second kappa shape index (κ2) is 7.68. The standard InChI is InChI=1S/C16H22N2O2/c1-12-7-8-14(6-5-9-19)10-15(12)16(20)17-11-13(2)18(3)4/h7-8,10,13,19H,9,11H2,1-4H3,(H,17,20). The number of aliphatic hydroxyl groups is 1. The lowest BCUT2D eigenvalue weighted by Crippen LogP contribution is -2.38. The lowest BCUT2D eigenvalue weighted by Gasteiger charge is -2.20. The van der Waals surface area contributed by atoms with Crippen molar-refractivity contribution in [3.05, 3.63) is 34.9 Å². The smallest absolute Gasteiger partial charge is 0.251 e. The molecule has 1 atom stereocenters. The van der Waals surface area contributed by atoms with E-state index in [9.17, 15) is 4.79 Å². The number of hydrogen-bond acceptors (Lipinski definition) is 3. The van der Waals surface area contributed by atoms with E-state index < -0.39 is 0 Å². The van der Waals surface area contributed by atoms with Crippen molar-refractivity contribution < 1.29 is 9.90 Å². The van der Waals surface area contributed by atoms with Crippen LogP contribution in [-0.4, -0.2) is 49.2 Å². The maximum absolute atomic E-state index is 12.2. The van der Waals surface area contributed by atoms with Crippen molar-refractivity contribution in [3.8, 4) is 11.8 Å². The van der Waals surface area contributed by atoms with Gasteiger partial charge in [0.15, 0.2) is 0 Å². The van der Waals surface area contributed by atoms with Crippen LogP contribution < -0.4 is 5.32 Å². The van der Waals surface area contributed by atoms with E-state index in [1.54, 1.807) is 6.07 Å². The number of nitrogens with one attached hydrogen (secondary N) is 1. The zero-order valence-corrected chi connectivity index (χ0v) is 12.5.